The molecule has 0 N–H and O–H groups in total. The van der Waals surface area contributed by atoms with Crippen molar-refractivity contribution in [2.75, 3.05) is 0 Å². The van der Waals surface area contributed by atoms with Gasteiger partial charge in [0.25, 0.3) is 0 Å². The van der Waals surface area contributed by atoms with Gasteiger partial charge >= 0.3 is 3.36 Å². The standard InChI is InChI=1S/C7H4Br4N/c8-6(9)5-3-1-2-4-12(5)7(6,10)11/h1-4H/q+1. The van der Waals surface area contributed by atoms with E-state index < -0.39 is 0 Å². The Morgan fingerprint density at radius 3 is 2.33 bits per heavy atom. The summed E-state index contributed by atoms with van der Waals surface area (Å²) in [6, 6.07) is 6.07. The second kappa shape index (κ2) is 2.78. The lowest BCUT2D eigenvalue weighted by atomic mass is 10.1. The minimum atomic E-state index is -0.274. The lowest BCUT2D eigenvalue weighted by molar-refractivity contribution is -0.757. The van der Waals surface area contributed by atoms with Crippen LogP contribution in [0.15, 0.2) is 24.4 Å². The van der Waals surface area contributed by atoms with Crippen molar-refractivity contribution in [2.45, 2.75) is 6.59 Å². The fourth-order valence-electron chi connectivity index (χ4n) is 1.20. The summed E-state index contributed by atoms with van der Waals surface area (Å²) < 4.78 is 1.59. The molecule has 64 valence electrons. The highest BCUT2D eigenvalue weighted by Crippen LogP contribution is 2.60. The molecule has 12 heavy (non-hydrogen) atoms. The van der Waals surface area contributed by atoms with Gasteiger partial charge < -0.3 is 0 Å². The topological polar surface area (TPSA) is 3.88 Å². The summed E-state index contributed by atoms with van der Waals surface area (Å²) in [7, 11) is 0. The Labute approximate surface area is 104 Å². The number of rotatable bonds is 0. The van der Waals surface area contributed by atoms with E-state index in [2.05, 4.69) is 74.4 Å². The molecule has 1 nitrogen and oxygen atoms in total. The van der Waals surface area contributed by atoms with Crippen molar-refractivity contribution in [3.8, 4) is 0 Å². The van der Waals surface area contributed by atoms with Gasteiger partial charge in [0, 0.05) is 44.0 Å². The normalized spacial score (nSPS) is 22.7. The number of fused-ring (bicyclic) bond motifs is 1. The van der Waals surface area contributed by atoms with Crippen LogP contribution >= 0.6 is 63.7 Å². The van der Waals surface area contributed by atoms with Crippen LogP contribution in [0.5, 0.6) is 0 Å². The summed E-state index contributed by atoms with van der Waals surface area (Å²) in [6.45, 7) is 0. The van der Waals surface area contributed by atoms with Crippen molar-refractivity contribution in [1.29, 1.82) is 0 Å². The number of hydrogen-bond acceptors (Lipinski definition) is 0. The van der Waals surface area contributed by atoms with Crippen molar-refractivity contribution in [2.24, 2.45) is 0 Å². The number of alkyl halides is 4. The molecular weight excluding hydrogens is 418 g/mol. The van der Waals surface area contributed by atoms with Gasteiger partial charge in [-0.3, -0.25) is 0 Å². The van der Waals surface area contributed by atoms with Crippen LogP contribution in [0.4, 0.5) is 0 Å². The van der Waals surface area contributed by atoms with Crippen LogP contribution in [0.3, 0.4) is 0 Å². The fourth-order valence-corrected chi connectivity index (χ4v) is 3.25. The quantitative estimate of drug-likeness (QED) is 0.447. The van der Waals surface area contributed by atoms with Crippen LogP contribution < -0.4 is 4.57 Å². The average molecular weight is 422 g/mol. The molecule has 0 fully saturated rings. The number of nitrogens with zero attached hydrogens (tertiary/aromatic N) is 1. The first-order valence-corrected chi connectivity index (χ1v) is 6.42. The fraction of sp³-hybridized carbons (Fsp3) is 0.286. The van der Waals surface area contributed by atoms with E-state index in [1.54, 1.807) is 0 Å². The maximum Gasteiger partial charge on any atom is 0.310 e. The molecule has 0 spiro atoms. The molecule has 1 aromatic heterocycles. The summed E-state index contributed by atoms with van der Waals surface area (Å²) in [5.41, 5.74) is 1.18. The Hall–Kier alpha value is 1.07. The van der Waals surface area contributed by atoms with E-state index in [4.69, 9.17) is 0 Å². The zero-order valence-corrected chi connectivity index (χ0v) is 12.1. The third-order valence-corrected chi connectivity index (χ3v) is 7.90. The second-order valence-corrected chi connectivity index (χ2v) is 9.37. The summed E-state index contributed by atoms with van der Waals surface area (Å²) in [6.07, 6.45) is 2.01. The number of halogens is 4. The molecule has 0 radical (unpaired) electrons. The van der Waals surface area contributed by atoms with Gasteiger partial charge in [-0.2, -0.15) is 4.57 Å². The molecule has 0 aliphatic carbocycles. The van der Waals surface area contributed by atoms with Crippen molar-refractivity contribution < 1.29 is 4.57 Å². The predicted molar refractivity (Wildman–Crippen MR) is 62.0 cm³/mol. The smallest absolute Gasteiger partial charge is 0.172 e. The van der Waals surface area contributed by atoms with Crippen molar-refractivity contribution in [1.82, 2.24) is 0 Å². The molecule has 2 rings (SSSR count). The maximum absolute atomic E-state index is 3.59. The third kappa shape index (κ3) is 1.03. The summed E-state index contributed by atoms with van der Waals surface area (Å²) in [5, 5.41) is 0. The Bertz CT molecular complexity index is 301. The molecule has 0 unspecified atom stereocenters. The van der Waals surface area contributed by atoms with Gasteiger partial charge in [-0.25, -0.2) is 0 Å². The summed E-state index contributed by atoms with van der Waals surface area (Å²) >= 11 is 14.3. The van der Waals surface area contributed by atoms with Crippen LogP contribution in [-0.4, -0.2) is 0 Å². The first-order valence-electron chi connectivity index (χ1n) is 3.25. The van der Waals surface area contributed by atoms with E-state index in [-0.39, 0.29) is 6.59 Å². The van der Waals surface area contributed by atoms with Gasteiger partial charge in [-0.1, -0.05) is 37.9 Å². The number of aromatic nitrogens is 1. The van der Waals surface area contributed by atoms with Gasteiger partial charge in [-0.15, -0.1) is 0 Å². The molecule has 2 heterocycles. The van der Waals surface area contributed by atoms with E-state index in [1.165, 1.54) is 5.69 Å². The van der Waals surface area contributed by atoms with Crippen LogP contribution in [-0.2, 0) is 6.59 Å². The largest absolute Gasteiger partial charge is 0.310 e. The van der Waals surface area contributed by atoms with Gasteiger partial charge in [0.1, 0.15) is 0 Å². The Kier molecular flexibility index (Phi) is 2.23. The lowest BCUT2D eigenvalue weighted by Gasteiger charge is -2.37. The van der Waals surface area contributed by atoms with Crippen LogP contribution in [0, 0.1) is 0 Å². The van der Waals surface area contributed by atoms with Crippen molar-refractivity contribution in [3.63, 3.8) is 0 Å². The van der Waals surface area contributed by atoms with Gasteiger partial charge in [0.2, 0.25) is 8.93 Å². The lowest BCUT2D eigenvalue weighted by Crippen LogP contribution is -2.70. The second-order valence-electron chi connectivity index (χ2n) is 2.57. The van der Waals surface area contributed by atoms with Gasteiger partial charge in [0.05, 0.1) is 0 Å². The molecule has 0 amide bonds. The van der Waals surface area contributed by atoms with Crippen LogP contribution in [0.2, 0.25) is 0 Å². The van der Waals surface area contributed by atoms with Crippen LogP contribution in [0.25, 0.3) is 0 Å². The van der Waals surface area contributed by atoms with E-state index in [9.17, 15) is 0 Å². The van der Waals surface area contributed by atoms with Crippen molar-refractivity contribution >= 4 is 63.7 Å². The summed E-state index contributed by atoms with van der Waals surface area (Å²) in [5.74, 6) is 0. The highest BCUT2D eigenvalue weighted by molar-refractivity contribution is 9.29. The number of pyridine rings is 1. The van der Waals surface area contributed by atoms with E-state index in [0.717, 1.165) is 0 Å². The number of hydrogen-bond donors (Lipinski definition) is 0. The third-order valence-electron chi connectivity index (χ3n) is 1.86. The van der Waals surface area contributed by atoms with Gasteiger partial charge in [0.15, 0.2) is 6.20 Å². The average Bonchev–Trinajstić information content (AvgIpc) is 2.04. The zero-order chi connectivity index (χ0) is 8.98. The van der Waals surface area contributed by atoms with E-state index in [0.29, 0.717) is 0 Å². The molecule has 0 aromatic carbocycles. The SMILES string of the molecule is BrC1(Br)c2cccc[n+]2C1(Br)Br. The predicted octanol–water partition coefficient (Wildman–Crippen LogP) is 3.33. The van der Waals surface area contributed by atoms with E-state index in [1.807, 2.05) is 18.3 Å². The van der Waals surface area contributed by atoms with Crippen LogP contribution in [0.1, 0.15) is 5.69 Å². The molecule has 0 atom stereocenters. The molecule has 0 bridgehead atoms. The highest BCUT2D eigenvalue weighted by Gasteiger charge is 2.68. The zero-order valence-electron chi connectivity index (χ0n) is 5.77. The van der Waals surface area contributed by atoms with Crippen molar-refractivity contribution in [3.05, 3.63) is 30.1 Å². The van der Waals surface area contributed by atoms with E-state index >= 15 is 0 Å². The molecule has 1 aliphatic rings. The van der Waals surface area contributed by atoms with Gasteiger partial charge in [-0.05, 0) is 0 Å². The Morgan fingerprint density at radius 1 is 1.08 bits per heavy atom. The Balaban J connectivity index is 2.64. The molecular formula is C7H4Br4N+. The summed E-state index contributed by atoms with van der Waals surface area (Å²) in [4.78, 5) is 0. The minimum Gasteiger partial charge on any atom is -0.172 e. The molecule has 1 aromatic rings. The monoisotopic (exact) mass is 418 g/mol. The molecule has 5 heteroatoms. The molecule has 0 saturated heterocycles. The molecule has 0 saturated carbocycles. The minimum absolute atomic E-state index is 0.228. The highest BCUT2D eigenvalue weighted by atomic mass is 79.9. The first kappa shape index (κ1) is 9.62. The maximum atomic E-state index is 3.59. The first-order chi connectivity index (χ1) is 5.48. The Morgan fingerprint density at radius 2 is 1.75 bits per heavy atom. The molecule has 1 aliphatic heterocycles.